The first-order valence-corrected chi connectivity index (χ1v) is 4.88. The normalized spacial score (nSPS) is 10.2. The summed E-state index contributed by atoms with van der Waals surface area (Å²) in [5.74, 6) is 0.732. The molecular formula is C10H13N5. The van der Waals surface area contributed by atoms with E-state index in [2.05, 4.69) is 45.0 Å². The van der Waals surface area contributed by atoms with E-state index in [1.807, 2.05) is 12.1 Å². The second-order valence-corrected chi connectivity index (χ2v) is 3.32. The van der Waals surface area contributed by atoms with E-state index in [4.69, 9.17) is 0 Å². The van der Waals surface area contributed by atoms with Crippen molar-refractivity contribution >= 4 is 5.69 Å². The number of tetrazole rings is 1. The molecule has 5 heteroatoms. The van der Waals surface area contributed by atoms with Crippen LogP contribution in [-0.4, -0.2) is 27.2 Å². The molecule has 2 aromatic rings. The van der Waals surface area contributed by atoms with Crippen LogP contribution in [0.15, 0.2) is 24.3 Å². The van der Waals surface area contributed by atoms with Crippen molar-refractivity contribution in [2.75, 3.05) is 11.9 Å². The fraction of sp³-hybridized carbons (Fsp3) is 0.300. The Morgan fingerprint density at radius 3 is 2.93 bits per heavy atom. The van der Waals surface area contributed by atoms with Gasteiger partial charge < -0.3 is 5.32 Å². The smallest absolute Gasteiger partial charge is 0.176 e. The number of aryl methyl sites for hydroxylation is 1. The molecular weight excluding hydrogens is 190 g/mol. The monoisotopic (exact) mass is 203 g/mol. The van der Waals surface area contributed by atoms with Crippen molar-refractivity contribution in [1.29, 1.82) is 0 Å². The van der Waals surface area contributed by atoms with E-state index in [1.54, 1.807) is 0 Å². The Morgan fingerprint density at radius 2 is 2.20 bits per heavy atom. The second-order valence-electron chi connectivity index (χ2n) is 3.32. The lowest BCUT2D eigenvalue weighted by molar-refractivity contribution is 0.881. The number of nitrogens with one attached hydrogen (secondary N) is 2. The number of anilines is 1. The molecule has 0 unspecified atom stereocenters. The lowest BCUT2D eigenvalue weighted by atomic mass is 10.2. The van der Waals surface area contributed by atoms with Crippen LogP contribution < -0.4 is 5.32 Å². The number of benzene rings is 1. The Hall–Kier alpha value is -1.91. The highest BCUT2D eigenvalue weighted by molar-refractivity contribution is 5.50. The highest BCUT2D eigenvalue weighted by Crippen LogP contribution is 2.12. The summed E-state index contributed by atoms with van der Waals surface area (Å²) in [6.45, 7) is 2.89. The molecule has 0 atom stereocenters. The molecule has 1 heterocycles. The zero-order valence-corrected chi connectivity index (χ0v) is 8.57. The van der Waals surface area contributed by atoms with Crippen LogP contribution >= 0.6 is 0 Å². The van der Waals surface area contributed by atoms with Crippen molar-refractivity contribution in [2.24, 2.45) is 0 Å². The Kier molecular flexibility index (Phi) is 2.92. The Balaban J connectivity index is 1.86. The van der Waals surface area contributed by atoms with E-state index in [0.717, 1.165) is 24.5 Å². The van der Waals surface area contributed by atoms with E-state index >= 15 is 0 Å². The van der Waals surface area contributed by atoms with Gasteiger partial charge in [-0.1, -0.05) is 23.4 Å². The number of hydrogen-bond donors (Lipinski definition) is 2. The molecule has 2 rings (SSSR count). The van der Waals surface area contributed by atoms with Gasteiger partial charge in [-0.05, 0) is 18.6 Å². The SMILES string of the molecule is Cc1ccccc1NCCc1nn[nH]n1. The van der Waals surface area contributed by atoms with Crippen molar-refractivity contribution in [1.82, 2.24) is 20.6 Å². The number of hydrogen-bond acceptors (Lipinski definition) is 4. The molecule has 0 bridgehead atoms. The largest absolute Gasteiger partial charge is 0.384 e. The van der Waals surface area contributed by atoms with Gasteiger partial charge in [-0.15, -0.1) is 10.2 Å². The maximum Gasteiger partial charge on any atom is 0.176 e. The first kappa shape index (κ1) is 9.64. The van der Waals surface area contributed by atoms with Crippen LogP contribution in [0.4, 0.5) is 5.69 Å². The minimum absolute atomic E-state index is 0.732. The van der Waals surface area contributed by atoms with Gasteiger partial charge in [0, 0.05) is 18.7 Å². The molecule has 2 N–H and O–H groups in total. The zero-order chi connectivity index (χ0) is 10.5. The Bertz CT molecular complexity index is 410. The number of nitrogens with zero attached hydrogens (tertiary/aromatic N) is 3. The molecule has 15 heavy (non-hydrogen) atoms. The first-order chi connectivity index (χ1) is 7.36. The molecule has 1 aromatic carbocycles. The third-order valence-corrected chi connectivity index (χ3v) is 2.20. The van der Waals surface area contributed by atoms with Crippen molar-refractivity contribution in [3.8, 4) is 0 Å². The Labute approximate surface area is 87.9 Å². The minimum Gasteiger partial charge on any atom is -0.384 e. The molecule has 0 spiro atoms. The molecule has 0 fully saturated rings. The van der Waals surface area contributed by atoms with E-state index in [-0.39, 0.29) is 0 Å². The number of para-hydroxylation sites is 1. The van der Waals surface area contributed by atoms with Crippen LogP contribution in [0.2, 0.25) is 0 Å². The number of aromatic nitrogens is 4. The molecule has 0 saturated heterocycles. The first-order valence-electron chi connectivity index (χ1n) is 4.88. The average Bonchev–Trinajstić information content (AvgIpc) is 2.74. The zero-order valence-electron chi connectivity index (χ0n) is 8.57. The number of H-pyrrole nitrogens is 1. The predicted octanol–water partition coefficient (Wildman–Crippen LogP) is 1.16. The van der Waals surface area contributed by atoms with E-state index < -0.39 is 0 Å². The standard InChI is InChI=1S/C10H13N5/c1-8-4-2-3-5-9(8)11-7-6-10-12-14-15-13-10/h2-5,11H,6-7H2,1H3,(H,12,13,14,15). The molecule has 0 saturated carbocycles. The molecule has 5 nitrogen and oxygen atoms in total. The van der Waals surface area contributed by atoms with Gasteiger partial charge in [-0.25, -0.2) is 0 Å². The highest BCUT2D eigenvalue weighted by Gasteiger charge is 1.98. The summed E-state index contributed by atoms with van der Waals surface area (Å²) in [7, 11) is 0. The van der Waals surface area contributed by atoms with Crippen LogP contribution in [0.5, 0.6) is 0 Å². The molecule has 1 aromatic heterocycles. The van der Waals surface area contributed by atoms with Gasteiger partial charge >= 0.3 is 0 Å². The van der Waals surface area contributed by atoms with Gasteiger partial charge in [0.25, 0.3) is 0 Å². The summed E-state index contributed by atoms with van der Waals surface area (Å²) in [6.07, 6.45) is 0.769. The molecule has 0 aliphatic rings. The van der Waals surface area contributed by atoms with E-state index in [1.165, 1.54) is 5.56 Å². The fourth-order valence-electron chi connectivity index (χ4n) is 1.37. The van der Waals surface area contributed by atoms with Crippen molar-refractivity contribution < 1.29 is 0 Å². The van der Waals surface area contributed by atoms with Crippen molar-refractivity contribution in [3.05, 3.63) is 35.7 Å². The van der Waals surface area contributed by atoms with Crippen molar-refractivity contribution in [2.45, 2.75) is 13.3 Å². The third kappa shape index (κ3) is 2.52. The summed E-state index contributed by atoms with van der Waals surface area (Å²) in [6, 6.07) is 8.19. The summed E-state index contributed by atoms with van der Waals surface area (Å²) in [4.78, 5) is 0. The summed E-state index contributed by atoms with van der Waals surface area (Å²) in [5, 5.41) is 17.0. The van der Waals surface area contributed by atoms with Gasteiger partial charge in [0.2, 0.25) is 0 Å². The lowest BCUT2D eigenvalue weighted by Gasteiger charge is -2.07. The highest BCUT2D eigenvalue weighted by atomic mass is 15.5. The van der Waals surface area contributed by atoms with Gasteiger partial charge in [-0.2, -0.15) is 5.21 Å². The molecule has 78 valence electrons. The molecule has 0 amide bonds. The summed E-state index contributed by atoms with van der Waals surface area (Å²) >= 11 is 0. The molecule has 0 aliphatic carbocycles. The third-order valence-electron chi connectivity index (χ3n) is 2.20. The number of rotatable bonds is 4. The quantitative estimate of drug-likeness (QED) is 0.782. The molecule has 0 radical (unpaired) electrons. The van der Waals surface area contributed by atoms with Crippen LogP contribution in [0.1, 0.15) is 11.4 Å². The van der Waals surface area contributed by atoms with Crippen LogP contribution in [0, 0.1) is 6.92 Å². The van der Waals surface area contributed by atoms with Gasteiger partial charge in [0.05, 0.1) is 0 Å². The topological polar surface area (TPSA) is 66.5 Å². The van der Waals surface area contributed by atoms with Crippen LogP contribution in [0.3, 0.4) is 0 Å². The van der Waals surface area contributed by atoms with Gasteiger partial charge in [-0.3, -0.25) is 0 Å². The maximum absolute atomic E-state index is 3.88. The van der Waals surface area contributed by atoms with E-state index in [9.17, 15) is 0 Å². The Morgan fingerprint density at radius 1 is 1.33 bits per heavy atom. The lowest BCUT2D eigenvalue weighted by Crippen LogP contribution is -2.06. The summed E-state index contributed by atoms with van der Waals surface area (Å²) < 4.78 is 0. The van der Waals surface area contributed by atoms with Gasteiger partial charge in [0.15, 0.2) is 5.82 Å². The minimum atomic E-state index is 0.732. The molecule has 0 aliphatic heterocycles. The number of aromatic amines is 1. The van der Waals surface area contributed by atoms with Crippen molar-refractivity contribution in [3.63, 3.8) is 0 Å². The second kappa shape index (κ2) is 4.54. The van der Waals surface area contributed by atoms with Crippen LogP contribution in [0.25, 0.3) is 0 Å². The fourth-order valence-corrected chi connectivity index (χ4v) is 1.37. The predicted molar refractivity (Wildman–Crippen MR) is 57.6 cm³/mol. The average molecular weight is 203 g/mol. The summed E-state index contributed by atoms with van der Waals surface area (Å²) in [5.41, 5.74) is 2.40. The van der Waals surface area contributed by atoms with Gasteiger partial charge in [0.1, 0.15) is 0 Å². The maximum atomic E-state index is 3.88. The van der Waals surface area contributed by atoms with E-state index in [0.29, 0.717) is 0 Å². The van der Waals surface area contributed by atoms with Crippen LogP contribution in [-0.2, 0) is 6.42 Å².